The van der Waals surface area contributed by atoms with Gasteiger partial charge in [-0.25, -0.2) is 0 Å². The maximum absolute atomic E-state index is 11.7. The average molecular weight is 182 g/mol. The van der Waals surface area contributed by atoms with Gasteiger partial charge in [0, 0.05) is 0 Å². The highest BCUT2D eigenvalue weighted by Crippen LogP contribution is 2.56. The Balaban J connectivity index is 2.08. The van der Waals surface area contributed by atoms with E-state index in [-0.39, 0.29) is 11.4 Å². The van der Waals surface area contributed by atoms with Gasteiger partial charge in [-0.3, -0.25) is 4.79 Å². The molecule has 74 valence electrons. The van der Waals surface area contributed by atoms with E-state index in [1.807, 2.05) is 6.92 Å². The van der Waals surface area contributed by atoms with Crippen LogP contribution in [0.25, 0.3) is 0 Å². The van der Waals surface area contributed by atoms with Crippen LogP contribution in [0.5, 0.6) is 0 Å². The number of ether oxygens (including phenoxy) is 1. The normalized spacial score (nSPS) is 42.3. The van der Waals surface area contributed by atoms with E-state index in [0.29, 0.717) is 12.5 Å². The molecule has 2 nitrogen and oxygen atoms in total. The topological polar surface area (TPSA) is 26.3 Å². The van der Waals surface area contributed by atoms with E-state index in [2.05, 4.69) is 6.92 Å². The molecule has 0 heterocycles. The van der Waals surface area contributed by atoms with Gasteiger partial charge in [0.1, 0.15) is 0 Å². The van der Waals surface area contributed by atoms with Gasteiger partial charge in [-0.15, -0.1) is 0 Å². The fourth-order valence-corrected chi connectivity index (χ4v) is 3.15. The monoisotopic (exact) mass is 182 g/mol. The average Bonchev–Trinajstić information content (AvgIpc) is 2.64. The number of carbonyl (C=O) groups excluding carboxylic acids is 1. The van der Waals surface area contributed by atoms with Gasteiger partial charge in [-0.05, 0) is 44.9 Å². The third kappa shape index (κ3) is 1.27. The number of carbonyl (C=O) groups is 1. The van der Waals surface area contributed by atoms with Crippen LogP contribution in [0, 0.1) is 17.3 Å². The van der Waals surface area contributed by atoms with E-state index in [0.717, 1.165) is 12.3 Å². The molecule has 2 fully saturated rings. The zero-order valence-electron chi connectivity index (χ0n) is 8.51. The number of esters is 1. The van der Waals surface area contributed by atoms with Crippen LogP contribution in [0.3, 0.4) is 0 Å². The van der Waals surface area contributed by atoms with Gasteiger partial charge >= 0.3 is 5.97 Å². The Labute approximate surface area is 79.7 Å². The number of rotatable bonds is 2. The van der Waals surface area contributed by atoms with Crippen molar-refractivity contribution in [2.75, 3.05) is 6.61 Å². The Hall–Kier alpha value is -0.530. The molecule has 0 saturated heterocycles. The van der Waals surface area contributed by atoms with Crippen molar-refractivity contribution in [2.24, 2.45) is 17.3 Å². The summed E-state index contributed by atoms with van der Waals surface area (Å²) in [6.45, 7) is 4.50. The molecule has 2 bridgehead atoms. The molecule has 0 N–H and O–H groups in total. The van der Waals surface area contributed by atoms with Crippen LogP contribution in [0.2, 0.25) is 0 Å². The van der Waals surface area contributed by atoms with Crippen molar-refractivity contribution < 1.29 is 9.53 Å². The summed E-state index contributed by atoms with van der Waals surface area (Å²) >= 11 is 0. The van der Waals surface area contributed by atoms with Crippen LogP contribution in [0.15, 0.2) is 0 Å². The Kier molecular flexibility index (Phi) is 2.09. The highest BCUT2D eigenvalue weighted by atomic mass is 16.5. The quantitative estimate of drug-likeness (QED) is 0.613. The SMILES string of the molecule is CCOC(=O)C1(C)CC2CCC1C2. The molecular formula is C11H18O2. The molecule has 2 heteroatoms. The lowest BCUT2D eigenvalue weighted by molar-refractivity contribution is -0.157. The lowest BCUT2D eigenvalue weighted by Crippen LogP contribution is -2.35. The third-order valence-electron chi connectivity index (χ3n) is 3.90. The Morgan fingerprint density at radius 2 is 2.31 bits per heavy atom. The first kappa shape index (κ1) is 9.04. The molecule has 2 rings (SSSR count). The summed E-state index contributed by atoms with van der Waals surface area (Å²) < 4.78 is 5.14. The van der Waals surface area contributed by atoms with Crippen LogP contribution in [0.1, 0.15) is 39.5 Å². The predicted octanol–water partition coefficient (Wildman–Crippen LogP) is 2.38. The maximum Gasteiger partial charge on any atom is 0.312 e. The molecule has 0 amide bonds. The molecule has 0 aromatic rings. The Bertz CT molecular complexity index is 224. The molecule has 2 aliphatic rings. The first-order valence-electron chi connectivity index (χ1n) is 5.34. The standard InChI is InChI=1S/C11H18O2/c1-3-13-10(12)11(2)7-8-4-5-9(11)6-8/h8-9H,3-7H2,1-2H3. The smallest absolute Gasteiger partial charge is 0.312 e. The van der Waals surface area contributed by atoms with Gasteiger partial charge < -0.3 is 4.74 Å². The highest BCUT2D eigenvalue weighted by molar-refractivity contribution is 5.77. The van der Waals surface area contributed by atoms with Gasteiger partial charge in [0.25, 0.3) is 0 Å². The van der Waals surface area contributed by atoms with Crippen LogP contribution in [0.4, 0.5) is 0 Å². The minimum Gasteiger partial charge on any atom is -0.466 e. The molecule has 13 heavy (non-hydrogen) atoms. The van der Waals surface area contributed by atoms with Gasteiger partial charge in [-0.1, -0.05) is 6.42 Å². The first-order chi connectivity index (χ1) is 6.16. The second-order valence-electron chi connectivity index (χ2n) is 4.72. The molecule has 0 aliphatic heterocycles. The van der Waals surface area contributed by atoms with E-state index in [4.69, 9.17) is 4.74 Å². The van der Waals surface area contributed by atoms with Crippen LogP contribution in [-0.4, -0.2) is 12.6 Å². The molecule has 0 spiro atoms. The van der Waals surface area contributed by atoms with Crippen molar-refractivity contribution in [3.8, 4) is 0 Å². The zero-order valence-corrected chi connectivity index (χ0v) is 8.51. The van der Waals surface area contributed by atoms with Gasteiger partial charge in [0.05, 0.1) is 12.0 Å². The summed E-state index contributed by atoms with van der Waals surface area (Å²) in [7, 11) is 0. The maximum atomic E-state index is 11.7. The molecule has 0 aromatic heterocycles. The van der Waals surface area contributed by atoms with E-state index >= 15 is 0 Å². The van der Waals surface area contributed by atoms with Crippen molar-refractivity contribution in [2.45, 2.75) is 39.5 Å². The van der Waals surface area contributed by atoms with E-state index in [9.17, 15) is 4.79 Å². The van der Waals surface area contributed by atoms with Gasteiger partial charge in [-0.2, -0.15) is 0 Å². The van der Waals surface area contributed by atoms with Crippen molar-refractivity contribution in [3.63, 3.8) is 0 Å². The number of hydrogen-bond acceptors (Lipinski definition) is 2. The highest BCUT2D eigenvalue weighted by Gasteiger charge is 2.53. The Morgan fingerprint density at radius 1 is 1.54 bits per heavy atom. The minimum absolute atomic E-state index is 0.0437. The van der Waals surface area contributed by atoms with Crippen molar-refractivity contribution >= 4 is 5.97 Å². The zero-order chi connectivity index (χ0) is 9.47. The van der Waals surface area contributed by atoms with Gasteiger partial charge in [0.15, 0.2) is 0 Å². The summed E-state index contributed by atoms with van der Waals surface area (Å²) in [6, 6.07) is 0. The molecule has 3 unspecified atom stereocenters. The summed E-state index contributed by atoms with van der Waals surface area (Å²) in [6.07, 6.45) is 4.89. The minimum atomic E-state index is -0.140. The van der Waals surface area contributed by atoms with E-state index < -0.39 is 0 Å². The summed E-state index contributed by atoms with van der Waals surface area (Å²) in [5.41, 5.74) is -0.140. The van der Waals surface area contributed by atoms with Gasteiger partial charge in [0.2, 0.25) is 0 Å². The van der Waals surface area contributed by atoms with Crippen LogP contribution >= 0.6 is 0 Å². The molecule has 2 aliphatic carbocycles. The van der Waals surface area contributed by atoms with Crippen molar-refractivity contribution in [1.29, 1.82) is 0 Å². The fourth-order valence-electron chi connectivity index (χ4n) is 3.15. The molecular weight excluding hydrogens is 164 g/mol. The fraction of sp³-hybridized carbons (Fsp3) is 0.909. The van der Waals surface area contributed by atoms with E-state index in [1.54, 1.807) is 0 Å². The van der Waals surface area contributed by atoms with Crippen molar-refractivity contribution in [3.05, 3.63) is 0 Å². The molecule has 2 saturated carbocycles. The lowest BCUT2D eigenvalue weighted by atomic mass is 9.75. The number of fused-ring (bicyclic) bond motifs is 2. The third-order valence-corrected chi connectivity index (χ3v) is 3.90. The Morgan fingerprint density at radius 3 is 2.77 bits per heavy atom. The second-order valence-corrected chi connectivity index (χ2v) is 4.72. The number of hydrogen-bond donors (Lipinski definition) is 0. The molecule has 0 radical (unpaired) electrons. The van der Waals surface area contributed by atoms with E-state index in [1.165, 1.54) is 19.3 Å². The van der Waals surface area contributed by atoms with Crippen LogP contribution in [-0.2, 0) is 9.53 Å². The van der Waals surface area contributed by atoms with Crippen LogP contribution < -0.4 is 0 Å². The summed E-state index contributed by atoms with van der Waals surface area (Å²) in [5.74, 6) is 1.46. The molecule has 0 aromatic carbocycles. The largest absolute Gasteiger partial charge is 0.466 e. The summed E-state index contributed by atoms with van der Waals surface area (Å²) in [5, 5.41) is 0. The van der Waals surface area contributed by atoms with Crippen molar-refractivity contribution in [1.82, 2.24) is 0 Å². The molecule has 3 atom stereocenters. The second kappa shape index (κ2) is 3.00. The summed E-state index contributed by atoms with van der Waals surface area (Å²) in [4.78, 5) is 11.7. The predicted molar refractivity (Wildman–Crippen MR) is 50.2 cm³/mol. The lowest BCUT2D eigenvalue weighted by Gasteiger charge is -2.31. The first-order valence-corrected chi connectivity index (χ1v) is 5.34.